The molecule has 2 rings (SSSR count). The van der Waals surface area contributed by atoms with Gasteiger partial charge in [-0.1, -0.05) is 11.6 Å². The van der Waals surface area contributed by atoms with Crippen LogP contribution in [0.2, 0.25) is 5.15 Å². The summed E-state index contributed by atoms with van der Waals surface area (Å²) in [5.74, 6) is -0.247. The molecule has 20 heavy (non-hydrogen) atoms. The van der Waals surface area contributed by atoms with E-state index in [4.69, 9.17) is 15.7 Å². The third-order valence-electron chi connectivity index (χ3n) is 2.47. The van der Waals surface area contributed by atoms with Crippen LogP contribution in [0.3, 0.4) is 0 Å². The van der Waals surface area contributed by atoms with Crippen molar-refractivity contribution in [3.05, 3.63) is 41.3 Å². The Morgan fingerprint density at radius 2 is 2.35 bits per heavy atom. The average molecular weight is 312 g/mol. The molecule has 0 saturated carbocycles. The van der Waals surface area contributed by atoms with Crippen molar-refractivity contribution in [2.24, 2.45) is 0 Å². The van der Waals surface area contributed by atoms with Crippen LogP contribution in [-0.2, 0) is 0 Å². The number of hydrogen-bond acceptors (Lipinski definition) is 5. The molecule has 0 bridgehead atoms. The Hall–Kier alpha value is -1.79. The predicted molar refractivity (Wildman–Crippen MR) is 81.9 cm³/mol. The summed E-state index contributed by atoms with van der Waals surface area (Å²) in [5.41, 5.74) is 0.379. The third-order valence-corrected chi connectivity index (χ3v) is 3.45. The smallest absolute Gasteiger partial charge is 0.254 e. The van der Waals surface area contributed by atoms with Crippen molar-refractivity contribution in [2.45, 2.75) is 4.90 Å². The molecule has 2 N–H and O–H groups in total. The lowest BCUT2D eigenvalue weighted by Crippen LogP contribution is -2.19. The van der Waals surface area contributed by atoms with E-state index in [2.05, 4.69) is 15.3 Å². The van der Waals surface area contributed by atoms with E-state index in [0.29, 0.717) is 11.5 Å². The Labute approximate surface area is 130 Å². The van der Waals surface area contributed by atoms with Crippen LogP contribution < -0.4 is 10.6 Å². The Morgan fingerprint density at radius 1 is 1.50 bits per heavy atom. The number of amides is 1. The highest BCUT2D eigenvalue weighted by Crippen LogP contribution is 2.28. The molecule has 0 aromatic carbocycles. The van der Waals surface area contributed by atoms with Gasteiger partial charge in [-0.15, -0.1) is 11.8 Å². The zero-order valence-corrected chi connectivity index (χ0v) is 12.0. The van der Waals surface area contributed by atoms with Crippen LogP contribution in [0.5, 0.6) is 0 Å². The topological polar surface area (TPSA) is 66.9 Å². The molecule has 0 unspecified atom stereocenters. The Morgan fingerprint density at radius 3 is 3.10 bits per heavy atom. The van der Waals surface area contributed by atoms with Crippen LogP contribution in [-0.4, -0.2) is 29.1 Å². The first-order chi connectivity index (χ1) is 10.8. The van der Waals surface area contributed by atoms with Crippen molar-refractivity contribution in [3.63, 3.8) is 0 Å². The number of nitrogens with one attached hydrogen (secondary N) is 2. The van der Waals surface area contributed by atoms with Gasteiger partial charge in [0.2, 0.25) is 0 Å². The number of anilines is 2. The standard InChI is InChI=1S/C13H13ClN4OS/c1-15-13(19)8-7-17-11(14)6-9(8)18-12-10(20-2)4-3-5-16-12/h3-7H,1-2H3,(H,15,19)(H,16,17,18)/i1D3. The lowest BCUT2D eigenvalue weighted by Gasteiger charge is -2.12. The number of nitrogens with zero attached hydrogens (tertiary/aromatic N) is 2. The van der Waals surface area contributed by atoms with Crippen molar-refractivity contribution in [1.82, 2.24) is 15.3 Å². The molecule has 0 aliphatic rings. The van der Waals surface area contributed by atoms with Crippen molar-refractivity contribution >= 4 is 40.8 Å². The fourth-order valence-corrected chi connectivity index (χ4v) is 2.23. The molecular weight excluding hydrogens is 296 g/mol. The third kappa shape index (κ3) is 3.20. The predicted octanol–water partition coefficient (Wildman–Crippen LogP) is 2.96. The Kier molecular flexibility index (Phi) is 3.60. The molecule has 0 spiro atoms. The summed E-state index contributed by atoms with van der Waals surface area (Å²) in [5, 5.41) is 5.09. The molecule has 1 amide bonds. The number of carbonyl (C=O) groups excluding carboxylic acids is 1. The van der Waals surface area contributed by atoms with Gasteiger partial charge in [0.15, 0.2) is 0 Å². The van der Waals surface area contributed by atoms with Gasteiger partial charge in [-0.2, -0.15) is 0 Å². The largest absolute Gasteiger partial charge is 0.355 e. The fourth-order valence-electron chi connectivity index (χ4n) is 1.56. The number of carbonyl (C=O) groups is 1. The van der Waals surface area contributed by atoms with Crippen LogP contribution in [0.15, 0.2) is 35.5 Å². The summed E-state index contributed by atoms with van der Waals surface area (Å²) in [6, 6.07) is 5.10. The normalized spacial score (nSPS) is 13.0. The van der Waals surface area contributed by atoms with E-state index >= 15 is 0 Å². The lowest BCUT2D eigenvalue weighted by atomic mass is 10.2. The maximum atomic E-state index is 12.1. The molecule has 0 radical (unpaired) electrons. The van der Waals surface area contributed by atoms with Crippen LogP contribution >= 0.6 is 23.4 Å². The van der Waals surface area contributed by atoms with Gasteiger partial charge >= 0.3 is 0 Å². The molecule has 7 heteroatoms. The second-order valence-corrected chi connectivity index (χ2v) is 4.92. The lowest BCUT2D eigenvalue weighted by molar-refractivity contribution is 0.0963. The summed E-state index contributed by atoms with van der Waals surface area (Å²) >= 11 is 7.35. The van der Waals surface area contributed by atoms with Crippen molar-refractivity contribution in [1.29, 1.82) is 0 Å². The van der Waals surface area contributed by atoms with Crippen LogP contribution in [0.1, 0.15) is 14.5 Å². The molecule has 2 heterocycles. The highest BCUT2D eigenvalue weighted by Gasteiger charge is 2.13. The molecule has 0 fully saturated rings. The maximum absolute atomic E-state index is 12.1. The van der Waals surface area contributed by atoms with Crippen LogP contribution in [0.4, 0.5) is 11.5 Å². The van der Waals surface area contributed by atoms with Gasteiger partial charge in [0.1, 0.15) is 11.0 Å². The SMILES string of the molecule is [2H]C([2H])([2H])NC(=O)c1cnc(Cl)cc1Nc1ncccc1SC. The zero-order valence-electron chi connectivity index (χ0n) is 13.5. The molecule has 0 aliphatic carbocycles. The van der Waals surface area contributed by atoms with Gasteiger partial charge in [-0.3, -0.25) is 4.79 Å². The Bertz CT molecular complexity index is 727. The summed E-state index contributed by atoms with van der Waals surface area (Å²) < 4.78 is 21.4. The van der Waals surface area contributed by atoms with Crippen molar-refractivity contribution in [2.75, 3.05) is 18.5 Å². The van der Waals surface area contributed by atoms with Crippen LogP contribution in [0.25, 0.3) is 0 Å². The summed E-state index contributed by atoms with van der Waals surface area (Å²) in [7, 11) is 0. The number of hydrogen-bond donors (Lipinski definition) is 2. The van der Waals surface area contributed by atoms with Gasteiger partial charge in [-0.05, 0) is 24.5 Å². The van der Waals surface area contributed by atoms with E-state index < -0.39 is 12.9 Å². The fraction of sp³-hybridized carbons (Fsp3) is 0.154. The minimum absolute atomic E-state index is 0.0585. The molecule has 104 valence electrons. The average Bonchev–Trinajstić information content (AvgIpc) is 2.46. The van der Waals surface area contributed by atoms with E-state index in [0.717, 1.165) is 4.90 Å². The van der Waals surface area contributed by atoms with Gasteiger partial charge in [0, 0.05) is 28.4 Å². The quantitative estimate of drug-likeness (QED) is 0.671. The Balaban J connectivity index is 2.38. The second-order valence-electron chi connectivity index (χ2n) is 3.69. The molecule has 5 nitrogen and oxygen atoms in total. The van der Waals surface area contributed by atoms with E-state index in [1.165, 1.54) is 24.0 Å². The van der Waals surface area contributed by atoms with Gasteiger partial charge in [-0.25, -0.2) is 9.97 Å². The molecule has 0 saturated heterocycles. The molecule has 2 aromatic rings. The summed E-state index contributed by atoms with van der Waals surface area (Å²) in [6.07, 6.45) is 4.71. The minimum atomic E-state index is -2.59. The number of rotatable bonds is 4. The minimum Gasteiger partial charge on any atom is -0.355 e. The van der Waals surface area contributed by atoms with E-state index in [1.54, 1.807) is 12.3 Å². The van der Waals surface area contributed by atoms with Crippen LogP contribution in [0, 0.1) is 0 Å². The number of thioether (sulfide) groups is 1. The van der Waals surface area contributed by atoms with E-state index in [-0.39, 0.29) is 10.7 Å². The first-order valence-electron chi connectivity index (χ1n) is 7.04. The van der Waals surface area contributed by atoms with E-state index in [9.17, 15) is 4.79 Å². The molecule has 0 aliphatic heterocycles. The van der Waals surface area contributed by atoms with Gasteiger partial charge in [0.05, 0.1) is 11.3 Å². The maximum Gasteiger partial charge on any atom is 0.254 e. The van der Waals surface area contributed by atoms with E-state index in [1.807, 2.05) is 17.6 Å². The first-order valence-corrected chi connectivity index (χ1v) is 7.14. The van der Waals surface area contributed by atoms with Crippen molar-refractivity contribution in [3.8, 4) is 0 Å². The number of halogens is 1. The number of pyridine rings is 2. The molecule has 2 aromatic heterocycles. The molecular formula is C13H13ClN4OS. The summed E-state index contributed by atoms with van der Waals surface area (Å²) in [4.78, 5) is 21.0. The van der Waals surface area contributed by atoms with Gasteiger partial charge < -0.3 is 10.6 Å². The zero-order chi connectivity index (χ0) is 17.0. The highest BCUT2D eigenvalue weighted by atomic mass is 35.5. The molecule has 0 atom stereocenters. The number of aromatic nitrogens is 2. The van der Waals surface area contributed by atoms with Crippen molar-refractivity contribution < 1.29 is 8.91 Å². The highest BCUT2D eigenvalue weighted by molar-refractivity contribution is 7.98. The van der Waals surface area contributed by atoms with Gasteiger partial charge in [0.25, 0.3) is 5.91 Å². The first kappa shape index (κ1) is 10.9. The monoisotopic (exact) mass is 311 g/mol. The summed E-state index contributed by atoms with van der Waals surface area (Å²) in [6.45, 7) is -2.59. The second kappa shape index (κ2) is 6.58.